The first-order valence-corrected chi connectivity index (χ1v) is 7.26. The quantitative estimate of drug-likeness (QED) is 0.722. The number of sulfone groups is 1. The van der Waals surface area contributed by atoms with Gasteiger partial charge in [-0.3, -0.25) is 4.79 Å². The van der Waals surface area contributed by atoms with Crippen LogP contribution in [0.25, 0.3) is 0 Å². The fraction of sp³-hybridized carbons (Fsp3) is 0.900. The van der Waals surface area contributed by atoms with E-state index in [-0.39, 0.29) is 23.5 Å². The van der Waals surface area contributed by atoms with Crippen molar-refractivity contribution in [3.63, 3.8) is 0 Å². The summed E-state index contributed by atoms with van der Waals surface area (Å²) in [4.78, 5) is 13.1. The summed E-state index contributed by atoms with van der Waals surface area (Å²) in [5.74, 6) is 0.370. The summed E-state index contributed by atoms with van der Waals surface area (Å²) in [5.41, 5.74) is 0. The van der Waals surface area contributed by atoms with Crippen molar-refractivity contribution in [2.75, 3.05) is 18.1 Å². The molecule has 1 atom stereocenters. The number of hydrogen-bond donors (Lipinski definition) is 0. The van der Waals surface area contributed by atoms with E-state index >= 15 is 0 Å². The van der Waals surface area contributed by atoms with Crippen molar-refractivity contribution < 1.29 is 13.2 Å². The van der Waals surface area contributed by atoms with Crippen molar-refractivity contribution in [2.45, 2.75) is 39.2 Å². The van der Waals surface area contributed by atoms with Gasteiger partial charge in [0.1, 0.15) is 0 Å². The minimum absolute atomic E-state index is 0.00875. The summed E-state index contributed by atoms with van der Waals surface area (Å²) in [6.07, 6.45) is 2.56. The zero-order valence-corrected chi connectivity index (χ0v) is 10.2. The highest BCUT2D eigenvalue weighted by atomic mass is 32.2. The fourth-order valence-electron chi connectivity index (χ4n) is 1.95. The molecule has 4 nitrogen and oxygen atoms in total. The van der Waals surface area contributed by atoms with Crippen molar-refractivity contribution >= 4 is 15.7 Å². The lowest BCUT2D eigenvalue weighted by Crippen LogP contribution is -2.40. The number of amides is 1. The molecular weight excluding hydrogens is 214 g/mol. The molecule has 0 aromatic rings. The second kappa shape index (κ2) is 4.96. The van der Waals surface area contributed by atoms with Crippen LogP contribution in [-0.2, 0) is 14.6 Å². The van der Waals surface area contributed by atoms with Crippen LogP contribution in [0.3, 0.4) is 0 Å². The first-order valence-electron chi connectivity index (χ1n) is 5.44. The second-order valence-electron chi connectivity index (χ2n) is 4.12. The molecule has 0 aromatic carbocycles. The van der Waals surface area contributed by atoms with Gasteiger partial charge in [-0.1, -0.05) is 13.3 Å². The van der Waals surface area contributed by atoms with E-state index in [0.717, 1.165) is 12.8 Å². The van der Waals surface area contributed by atoms with Crippen LogP contribution in [0.4, 0.5) is 0 Å². The monoisotopic (exact) mass is 233 g/mol. The molecule has 1 amide bonds. The molecule has 1 fully saturated rings. The number of carbonyl (C=O) groups is 1. The van der Waals surface area contributed by atoms with Crippen molar-refractivity contribution in [3.8, 4) is 0 Å². The SMILES string of the molecule is CCCCN(C(C)=O)C1CCS(=O)(=O)C1. The molecule has 1 saturated heterocycles. The van der Waals surface area contributed by atoms with Crippen LogP contribution in [0.5, 0.6) is 0 Å². The lowest BCUT2D eigenvalue weighted by atomic mass is 10.2. The molecule has 1 aliphatic heterocycles. The Bertz CT molecular complexity index is 324. The van der Waals surface area contributed by atoms with Gasteiger partial charge in [-0.15, -0.1) is 0 Å². The molecule has 0 aromatic heterocycles. The average molecular weight is 233 g/mol. The third-order valence-corrected chi connectivity index (χ3v) is 4.56. The van der Waals surface area contributed by atoms with Crippen LogP contribution < -0.4 is 0 Å². The van der Waals surface area contributed by atoms with E-state index in [9.17, 15) is 13.2 Å². The minimum atomic E-state index is -2.89. The molecule has 0 radical (unpaired) electrons. The zero-order chi connectivity index (χ0) is 11.5. The Morgan fingerprint density at radius 1 is 1.47 bits per heavy atom. The van der Waals surface area contributed by atoms with Crippen LogP contribution in [0, 0.1) is 0 Å². The highest BCUT2D eigenvalue weighted by Crippen LogP contribution is 2.18. The van der Waals surface area contributed by atoms with Crippen molar-refractivity contribution in [2.24, 2.45) is 0 Å². The maximum atomic E-state index is 11.4. The van der Waals surface area contributed by atoms with Crippen LogP contribution in [-0.4, -0.2) is 43.3 Å². The molecule has 88 valence electrons. The standard InChI is InChI=1S/C10H19NO3S/c1-3-4-6-11(9(2)12)10-5-7-15(13,14)8-10/h10H,3-8H2,1-2H3. The van der Waals surface area contributed by atoms with E-state index < -0.39 is 9.84 Å². The summed E-state index contributed by atoms with van der Waals surface area (Å²) in [5, 5.41) is 0. The maximum Gasteiger partial charge on any atom is 0.219 e. The average Bonchev–Trinajstić information content (AvgIpc) is 2.46. The Hall–Kier alpha value is -0.580. The summed E-state index contributed by atoms with van der Waals surface area (Å²) in [6.45, 7) is 4.26. The van der Waals surface area contributed by atoms with Gasteiger partial charge in [0.25, 0.3) is 0 Å². The molecule has 0 bridgehead atoms. The first-order chi connectivity index (χ1) is 6.96. The Morgan fingerprint density at radius 3 is 2.53 bits per heavy atom. The predicted molar refractivity (Wildman–Crippen MR) is 59.4 cm³/mol. The van der Waals surface area contributed by atoms with Gasteiger partial charge >= 0.3 is 0 Å². The second-order valence-corrected chi connectivity index (χ2v) is 6.35. The van der Waals surface area contributed by atoms with Crippen molar-refractivity contribution in [1.29, 1.82) is 0 Å². The van der Waals surface area contributed by atoms with Gasteiger partial charge in [-0.2, -0.15) is 0 Å². The Morgan fingerprint density at radius 2 is 2.13 bits per heavy atom. The summed E-state index contributed by atoms with van der Waals surface area (Å²) >= 11 is 0. The highest BCUT2D eigenvalue weighted by molar-refractivity contribution is 7.91. The van der Waals surface area contributed by atoms with Gasteiger partial charge in [-0.05, 0) is 12.8 Å². The number of nitrogens with zero attached hydrogens (tertiary/aromatic N) is 1. The third-order valence-electron chi connectivity index (χ3n) is 2.81. The van der Waals surface area contributed by atoms with E-state index in [0.29, 0.717) is 13.0 Å². The molecule has 1 heterocycles. The topological polar surface area (TPSA) is 54.5 Å². The number of hydrogen-bond acceptors (Lipinski definition) is 3. The molecule has 0 spiro atoms. The lowest BCUT2D eigenvalue weighted by Gasteiger charge is -2.26. The van der Waals surface area contributed by atoms with Gasteiger partial charge < -0.3 is 4.90 Å². The van der Waals surface area contributed by atoms with E-state index in [1.165, 1.54) is 6.92 Å². The third kappa shape index (κ3) is 3.48. The van der Waals surface area contributed by atoms with E-state index in [2.05, 4.69) is 6.92 Å². The highest BCUT2D eigenvalue weighted by Gasteiger charge is 2.32. The Kier molecular flexibility index (Phi) is 4.13. The largest absolute Gasteiger partial charge is 0.339 e. The molecule has 5 heteroatoms. The lowest BCUT2D eigenvalue weighted by molar-refractivity contribution is -0.130. The fourth-order valence-corrected chi connectivity index (χ4v) is 3.68. The van der Waals surface area contributed by atoms with Gasteiger partial charge in [0, 0.05) is 19.5 Å². The summed E-state index contributed by atoms with van der Waals surface area (Å²) < 4.78 is 22.6. The molecule has 0 N–H and O–H groups in total. The van der Waals surface area contributed by atoms with E-state index in [1.807, 2.05) is 0 Å². The van der Waals surface area contributed by atoms with E-state index in [4.69, 9.17) is 0 Å². The van der Waals surface area contributed by atoms with Gasteiger partial charge in [0.2, 0.25) is 5.91 Å². The predicted octanol–water partition coefficient (Wildman–Crippen LogP) is 0.822. The van der Waals surface area contributed by atoms with Crippen LogP contribution in [0.15, 0.2) is 0 Å². The molecular formula is C10H19NO3S. The molecule has 0 aliphatic carbocycles. The van der Waals surface area contributed by atoms with E-state index in [1.54, 1.807) is 4.90 Å². The molecule has 1 unspecified atom stereocenters. The van der Waals surface area contributed by atoms with Crippen molar-refractivity contribution in [3.05, 3.63) is 0 Å². The van der Waals surface area contributed by atoms with Gasteiger partial charge in [-0.25, -0.2) is 8.42 Å². The van der Waals surface area contributed by atoms with Crippen LogP contribution in [0.2, 0.25) is 0 Å². The number of unbranched alkanes of at least 4 members (excludes halogenated alkanes) is 1. The molecule has 1 aliphatic rings. The number of rotatable bonds is 4. The van der Waals surface area contributed by atoms with Gasteiger partial charge in [0.15, 0.2) is 9.84 Å². The zero-order valence-electron chi connectivity index (χ0n) is 9.40. The molecule has 15 heavy (non-hydrogen) atoms. The van der Waals surface area contributed by atoms with Crippen LogP contribution >= 0.6 is 0 Å². The molecule has 1 rings (SSSR count). The Balaban J connectivity index is 2.61. The summed E-state index contributed by atoms with van der Waals surface area (Å²) in [7, 11) is -2.89. The Labute approximate surface area is 91.6 Å². The summed E-state index contributed by atoms with van der Waals surface area (Å²) in [6, 6.07) is -0.0842. The smallest absolute Gasteiger partial charge is 0.219 e. The van der Waals surface area contributed by atoms with Crippen molar-refractivity contribution in [1.82, 2.24) is 4.90 Å². The number of carbonyl (C=O) groups excluding carboxylic acids is 1. The van der Waals surface area contributed by atoms with Gasteiger partial charge in [0.05, 0.1) is 11.5 Å². The first kappa shape index (κ1) is 12.5. The normalized spacial score (nSPS) is 24.0. The van der Waals surface area contributed by atoms with Crippen LogP contribution in [0.1, 0.15) is 33.1 Å². The maximum absolute atomic E-state index is 11.4. The minimum Gasteiger partial charge on any atom is -0.339 e. The molecule has 0 saturated carbocycles.